The molecule has 0 radical (unpaired) electrons. The highest BCUT2D eigenvalue weighted by Crippen LogP contribution is 2.43. The summed E-state index contributed by atoms with van der Waals surface area (Å²) in [7, 11) is 0. The molecule has 96 valence electrons. The van der Waals surface area contributed by atoms with Crippen LogP contribution in [0.4, 0.5) is 8.78 Å². The Kier molecular flexibility index (Phi) is 3.71. The molecule has 2 rings (SSSR count). The van der Waals surface area contributed by atoms with Crippen molar-refractivity contribution >= 4 is 0 Å². The molecule has 1 unspecified atom stereocenters. The van der Waals surface area contributed by atoms with Gasteiger partial charge in [-0.25, -0.2) is 8.78 Å². The molecule has 1 aliphatic rings. The lowest BCUT2D eigenvalue weighted by molar-refractivity contribution is 0.00749. The zero-order valence-corrected chi connectivity index (χ0v) is 9.53. The van der Waals surface area contributed by atoms with Crippen molar-refractivity contribution in [2.75, 3.05) is 6.61 Å². The number of hydrogen-bond acceptors (Lipinski definition) is 4. The van der Waals surface area contributed by atoms with Gasteiger partial charge in [0.25, 0.3) is 0 Å². The second kappa shape index (κ2) is 5.08. The Labute approximate surface area is 98.0 Å². The first-order valence-corrected chi connectivity index (χ1v) is 5.92. The normalized spacial score (nSPS) is 23.1. The predicted molar refractivity (Wildman–Crippen MR) is 55.9 cm³/mol. The van der Waals surface area contributed by atoms with Crippen molar-refractivity contribution in [3.63, 3.8) is 0 Å². The van der Waals surface area contributed by atoms with Gasteiger partial charge in [0, 0.05) is 31.8 Å². The lowest BCUT2D eigenvalue weighted by atomic mass is 10.1. The Morgan fingerprint density at radius 2 is 2.24 bits per heavy atom. The van der Waals surface area contributed by atoms with Gasteiger partial charge >= 0.3 is 0 Å². The van der Waals surface area contributed by atoms with Crippen molar-refractivity contribution in [2.24, 2.45) is 0 Å². The molecule has 0 amide bonds. The Hall–Kier alpha value is -1.04. The van der Waals surface area contributed by atoms with E-state index in [1.807, 2.05) is 0 Å². The highest BCUT2D eigenvalue weighted by atomic mass is 19.3. The van der Waals surface area contributed by atoms with Gasteiger partial charge in [-0.3, -0.25) is 0 Å². The van der Waals surface area contributed by atoms with Gasteiger partial charge in [0.05, 0.1) is 0 Å². The fourth-order valence-electron chi connectivity index (χ4n) is 2.09. The summed E-state index contributed by atoms with van der Waals surface area (Å²) in [6, 6.07) is 0. The number of unbranched alkanes of at least 4 members (excludes halogenated alkanes) is 1. The van der Waals surface area contributed by atoms with E-state index in [0.29, 0.717) is 31.0 Å². The first-order valence-electron chi connectivity index (χ1n) is 5.92. The van der Waals surface area contributed by atoms with E-state index in [9.17, 15) is 8.78 Å². The first-order chi connectivity index (χ1) is 8.11. The van der Waals surface area contributed by atoms with E-state index in [-0.39, 0.29) is 25.4 Å². The van der Waals surface area contributed by atoms with Crippen LogP contribution in [-0.4, -0.2) is 27.8 Å². The van der Waals surface area contributed by atoms with Crippen molar-refractivity contribution in [1.82, 2.24) is 10.1 Å². The maximum Gasteiger partial charge on any atom is 0.248 e. The van der Waals surface area contributed by atoms with Crippen LogP contribution in [-0.2, 0) is 6.42 Å². The Bertz CT molecular complexity index is 368. The van der Waals surface area contributed by atoms with Gasteiger partial charge in [0.2, 0.25) is 11.8 Å². The second-order valence-electron chi connectivity index (χ2n) is 4.52. The summed E-state index contributed by atoms with van der Waals surface area (Å²) in [5.41, 5.74) is 0. The molecule has 1 atom stereocenters. The third-order valence-electron chi connectivity index (χ3n) is 3.05. The molecule has 0 aromatic carbocycles. The molecule has 17 heavy (non-hydrogen) atoms. The van der Waals surface area contributed by atoms with Crippen LogP contribution in [0, 0.1) is 0 Å². The average molecular weight is 246 g/mol. The van der Waals surface area contributed by atoms with E-state index in [2.05, 4.69) is 10.1 Å². The molecule has 0 spiro atoms. The van der Waals surface area contributed by atoms with E-state index in [4.69, 9.17) is 9.63 Å². The molecule has 6 heteroatoms. The standard InChI is InChI=1S/C11H16F2N2O2/c12-11(13)5-4-8(7-11)10-14-9(17-15-10)3-1-2-6-16/h8,16H,1-7H2. The molecule has 1 saturated carbocycles. The van der Waals surface area contributed by atoms with E-state index < -0.39 is 5.92 Å². The van der Waals surface area contributed by atoms with Crippen LogP contribution in [0.15, 0.2) is 4.52 Å². The zero-order chi connectivity index (χ0) is 12.3. The van der Waals surface area contributed by atoms with E-state index in [0.717, 1.165) is 6.42 Å². The highest BCUT2D eigenvalue weighted by molar-refractivity contribution is 5.01. The minimum Gasteiger partial charge on any atom is -0.396 e. The number of rotatable bonds is 5. The highest BCUT2D eigenvalue weighted by Gasteiger charge is 2.41. The Morgan fingerprint density at radius 1 is 1.41 bits per heavy atom. The number of nitrogens with zero attached hydrogens (tertiary/aromatic N) is 2. The number of aryl methyl sites for hydroxylation is 1. The maximum absolute atomic E-state index is 13.0. The van der Waals surface area contributed by atoms with Gasteiger partial charge in [0.1, 0.15) is 0 Å². The third kappa shape index (κ3) is 3.21. The summed E-state index contributed by atoms with van der Waals surface area (Å²) in [6.45, 7) is 0.135. The first kappa shape index (κ1) is 12.4. The smallest absolute Gasteiger partial charge is 0.248 e. The number of hydrogen-bond donors (Lipinski definition) is 1. The summed E-state index contributed by atoms with van der Waals surface area (Å²) < 4.78 is 31.0. The molecule has 1 aliphatic carbocycles. The van der Waals surface area contributed by atoms with Gasteiger partial charge in [-0.15, -0.1) is 0 Å². The Morgan fingerprint density at radius 3 is 2.88 bits per heavy atom. The summed E-state index contributed by atoms with van der Waals surface area (Å²) in [6.07, 6.45) is 2.19. The SMILES string of the molecule is OCCCCc1nc(C2CCC(F)(F)C2)no1. The second-order valence-corrected chi connectivity index (χ2v) is 4.52. The third-order valence-corrected chi connectivity index (χ3v) is 3.05. The molecular weight excluding hydrogens is 230 g/mol. The molecule has 4 nitrogen and oxygen atoms in total. The summed E-state index contributed by atoms with van der Waals surface area (Å²) in [5.74, 6) is -1.98. The fraction of sp³-hybridized carbons (Fsp3) is 0.818. The number of aliphatic hydroxyl groups excluding tert-OH is 1. The number of aromatic nitrogens is 2. The molecule has 0 aliphatic heterocycles. The molecule has 1 fully saturated rings. The topological polar surface area (TPSA) is 59.2 Å². The van der Waals surface area contributed by atoms with E-state index >= 15 is 0 Å². The van der Waals surface area contributed by atoms with Crippen LogP contribution in [0.3, 0.4) is 0 Å². The van der Waals surface area contributed by atoms with Gasteiger partial charge < -0.3 is 9.63 Å². The Balaban J connectivity index is 1.90. The van der Waals surface area contributed by atoms with E-state index in [1.165, 1.54) is 0 Å². The molecule has 0 bridgehead atoms. The molecule has 0 saturated heterocycles. The summed E-state index contributed by atoms with van der Waals surface area (Å²) >= 11 is 0. The number of halogens is 2. The largest absolute Gasteiger partial charge is 0.396 e. The molecule has 1 heterocycles. The number of aliphatic hydroxyl groups is 1. The summed E-state index contributed by atoms with van der Waals surface area (Å²) in [5, 5.41) is 12.4. The predicted octanol–water partition coefficient (Wildman–Crippen LogP) is 2.29. The lowest BCUT2D eigenvalue weighted by Gasteiger charge is -2.06. The molecule has 1 aromatic rings. The zero-order valence-electron chi connectivity index (χ0n) is 9.53. The quantitative estimate of drug-likeness (QED) is 0.810. The van der Waals surface area contributed by atoms with Crippen LogP contribution in [0.25, 0.3) is 0 Å². The van der Waals surface area contributed by atoms with E-state index in [1.54, 1.807) is 0 Å². The maximum atomic E-state index is 13.0. The average Bonchev–Trinajstić information content (AvgIpc) is 2.85. The van der Waals surface area contributed by atoms with Crippen LogP contribution in [0.2, 0.25) is 0 Å². The monoisotopic (exact) mass is 246 g/mol. The van der Waals surface area contributed by atoms with Crippen LogP contribution < -0.4 is 0 Å². The van der Waals surface area contributed by atoms with Gasteiger partial charge in [-0.2, -0.15) is 4.98 Å². The lowest BCUT2D eigenvalue weighted by Crippen LogP contribution is -2.09. The van der Waals surface area contributed by atoms with Crippen molar-refractivity contribution in [1.29, 1.82) is 0 Å². The van der Waals surface area contributed by atoms with Gasteiger partial charge in [0.15, 0.2) is 5.82 Å². The minimum atomic E-state index is -2.58. The van der Waals surface area contributed by atoms with Gasteiger partial charge in [-0.05, 0) is 19.3 Å². The molecular formula is C11H16F2N2O2. The van der Waals surface area contributed by atoms with Crippen molar-refractivity contribution in [3.05, 3.63) is 11.7 Å². The van der Waals surface area contributed by atoms with Crippen LogP contribution >= 0.6 is 0 Å². The molecule has 1 aromatic heterocycles. The molecule has 1 N–H and O–H groups in total. The van der Waals surface area contributed by atoms with Crippen LogP contribution in [0.1, 0.15) is 49.7 Å². The van der Waals surface area contributed by atoms with Crippen LogP contribution in [0.5, 0.6) is 0 Å². The van der Waals surface area contributed by atoms with Crippen molar-refractivity contribution in [2.45, 2.75) is 50.4 Å². The summed E-state index contributed by atoms with van der Waals surface area (Å²) in [4.78, 5) is 4.14. The number of alkyl halides is 2. The van der Waals surface area contributed by atoms with Gasteiger partial charge in [-0.1, -0.05) is 5.16 Å². The van der Waals surface area contributed by atoms with Crippen molar-refractivity contribution in [3.8, 4) is 0 Å². The fourth-order valence-corrected chi connectivity index (χ4v) is 2.09. The van der Waals surface area contributed by atoms with Crippen molar-refractivity contribution < 1.29 is 18.4 Å². The minimum absolute atomic E-state index is 0.0912.